The van der Waals surface area contributed by atoms with E-state index in [1.165, 1.54) is 21.3 Å². The molecule has 23 nitrogen and oxygen atoms in total. The number of nitrogens with zero attached hydrogens (tertiary/aromatic N) is 4. The summed E-state index contributed by atoms with van der Waals surface area (Å²) in [6, 6.07) is 44.7. The van der Waals surface area contributed by atoms with E-state index in [0.29, 0.717) is 38.8 Å². The fourth-order valence-corrected chi connectivity index (χ4v) is 12.7. The molecule has 3 saturated heterocycles. The summed E-state index contributed by atoms with van der Waals surface area (Å²) in [5.74, 6) is 0. The number of halogens is 9. The van der Waals surface area contributed by atoms with Gasteiger partial charge < -0.3 is 69.6 Å². The van der Waals surface area contributed by atoms with Crippen molar-refractivity contribution in [3.63, 3.8) is 0 Å². The number of aromatic nitrogens is 3. The van der Waals surface area contributed by atoms with Crippen molar-refractivity contribution in [1.82, 2.24) is 23.9 Å². The molecule has 4 N–H and O–H groups in total. The number of carbonyl (C=O) groups is 3. The Kier molecular flexibility index (Phi) is 44.3. The maximum atomic E-state index is 13.3. The number of nitrogens with one attached hydrogen (secondary N) is 1. The zero-order valence-electron chi connectivity index (χ0n) is 64.9. The number of H-pyrrole nitrogens is 1. The van der Waals surface area contributed by atoms with Crippen LogP contribution in [0.3, 0.4) is 0 Å². The largest absolute Gasteiger partial charge is 1.00 e. The molecule has 600 valence electrons. The Labute approximate surface area is 755 Å². The summed E-state index contributed by atoms with van der Waals surface area (Å²) in [5.41, 5.74) is -4.10. The number of aromatic amines is 1. The molecule has 0 saturated carbocycles. The topological polar surface area (TPSA) is 308 Å². The van der Waals surface area contributed by atoms with Crippen LogP contribution < -0.4 is 130 Å². The Morgan fingerprint density at radius 1 is 0.622 bits per heavy atom. The van der Waals surface area contributed by atoms with Crippen molar-refractivity contribution in [3.8, 4) is 11.1 Å². The van der Waals surface area contributed by atoms with Gasteiger partial charge in [-0.25, -0.2) is 27.2 Å². The number of benzene rings is 4. The third-order valence-corrected chi connectivity index (χ3v) is 19.6. The molecule has 0 radical (unpaired) electrons. The minimum Gasteiger partial charge on any atom is -1.00 e. The van der Waals surface area contributed by atoms with Gasteiger partial charge in [0.25, 0.3) is 17.6 Å². The standard InChI is InChI=1S/C29H33FN2O4.C28H38BNO5.C7H7FINO.C5H4INO.C3H4F4O3S.C2H5FO.CH2O3.2K.H/c1-21(22-9-11-23(12-10-22)24-13-16-31(18-15-30)26(33)19-24)32-17-14-29(36-27(32)34,20-28(2,3)35)25-7-5-4-6-8-25;1-20(21-13-15-23(16-14-21)29-34-26(4,5)27(6,7)35-29)30-18-17-28(33-24(30)31,19-25(2,3)32)22-11-9-8-10-12-22;8-2-4-10-3-1-6(9)5-7(10)11;6-4-1-2-7-5(8)3-4;4-1-2-10-11(8,9)3(5,6)7;3-1-2-4;2-1-4-3;;;/h4-13,16,19,21,35H,14-15,17-18,20H2,1-3H3;8-16,20,32H,17-19H2,1-7H3;1,3,5H,2,4H2;1-3H,(H,7,8);1-2H2;4H,1-2H2;1,3H;;;/q;;;;;;;2*+1;-1/p-1/t21-,29-;20-,28-;;;;;;;;/m00......../s1. The van der Waals surface area contributed by atoms with Crippen LogP contribution >= 0.6 is 45.2 Å². The number of aliphatic hydroxyl groups excluding tert-OH is 1. The molecule has 3 aliphatic heterocycles. The smallest absolute Gasteiger partial charge is 1.00 e. The maximum Gasteiger partial charge on any atom is 1.00 e. The first kappa shape index (κ1) is 103. The molecule has 4 atom stereocenters. The summed E-state index contributed by atoms with van der Waals surface area (Å²) in [7, 11) is -6.02. The zero-order valence-corrected chi connectivity index (χ0v) is 75.2. The van der Waals surface area contributed by atoms with Gasteiger partial charge >= 0.3 is 138 Å². The molecule has 2 amide bonds. The number of hydrogen-bond acceptors (Lipinski definition) is 18. The molecule has 0 bridgehead atoms. The Balaban J connectivity index is 0.000000754. The van der Waals surface area contributed by atoms with E-state index in [1.54, 1.807) is 74.3 Å². The Hall–Kier alpha value is -4.28. The van der Waals surface area contributed by atoms with Crippen molar-refractivity contribution in [2.24, 2.45) is 0 Å². The molecular weight excluding hydrogens is 1770 g/mol. The average Bonchev–Trinajstić information content (AvgIpc) is 1.68. The maximum absolute atomic E-state index is 13.3. The SMILES string of the molecule is C[C@@H](c1ccc(-c2ccn(CCF)c(=O)c2)cc1)N1CC[C@](CC(C)(C)O)(c2ccccc2)OC1=O.C[C@@H](c1ccc(B2OC(C)(C)C(C)(C)O2)cc1)N1CC[C@](CC(C)(C)O)(c2ccccc2)OC1=O.O=CO[O-].O=S(=O)(OCCF)C(F)(F)F.O=c1cc(I)cc[nH]1.O=c1cc(I)ccn1CCF.OCCF.[H-].[K+].[K+]. The molecule has 0 unspecified atom stereocenters. The number of aryl methyl sites for hydroxylation is 2. The van der Waals surface area contributed by atoms with E-state index in [9.17, 15) is 73.3 Å². The second-order valence-corrected chi connectivity index (χ2v) is 31.2. The Morgan fingerprint density at radius 3 is 1.36 bits per heavy atom. The van der Waals surface area contributed by atoms with Gasteiger partial charge in [-0.15, -0.1) is 0 Å². The van der Waals surface area contributed by atoms with E-state index in [4.69, 9.17) is 33.9 Å². The van der Waals surface area contributed by atoms with Crippen molar-refractivity contribution in [1.29, 1.82) is 0 Å². The van der Waals surface area contributed by atoms with Crippen molar-refractivity contribution in [3.05, 3.63) is 225 Å². The molecule has 3 aromatic heterocycles. The number of carbonyl (C=O) groups excluding carboxylic acids is 3. The van der Waals surface area contributed by atoms with Gasteiger partial charge in [0.15, 0.2) is 0 Å². The molecule has 10 rings (SSSR count). The van der Waals surface area contributed by atoms with E-state index < -0.39 is 95.7 Å². The fraction of sp³-hybridized carbons (Fsp3) is 0.440. The summed E-state index contributed by atoms with van der Waals surface area (Å²) in [6.07, 6.45) is 5.84. The predicted octanol–water partition coefficient (Wildman–Crippen LogP) is 6.12. The van der Waals surface area contributed by atoms with E-state index in [-0.39, 0.29) is 165 Å². The van der Waals surface area contributed by atoms with E-state index in [2.05, 4.69) is 36.6 Å². The van der Waals surface area contributed by atoms with Crippen molar-refractivity contribution >= 4 is 86.5 Å². The number of rotatable bonds is 21. The number of pyridine rings is 3. The molecular formula is C75H93BF7I2K2N5O18S. The van der Waals surface area contributed by atoms with Gasteiger partial charge in [-0.3, -0.25) is 23.4 Å². The number of aliphatic hydroxyl groups is 3. The summed E-state index contributed by atoms with van der Waals surface area (Å²) < 4.78 is 132. The Morgan fingerprint density at radius 2 is 1.03 bits per heavy atom. The van der Waals surface area contributed by atoms with E-state index in [1.807, 2.05) is 179 Å². The van der Waals surface area contributed by atoms with E-state index in [0.717, 1.165) is 46.0 Å². The first-order valence-electron chi connectivity index (χ1n) is 34.1. The zero-order chi connectivity index (χ0) is 81.8. The summed E-state index contributed by atoms with van der Waals surface area (Å²) >= 11 is 4.13. The monoisotopic (exact) mass is 1860 g/mol. The van der Waals surface area contributed by atoms with Gasteiger partial charge in [0.05, 0.1) is 60.8 Å². The van der Waals surface area contributed by atoms with Gasteiger partial charge in [-0.2, -0.15) is 21.6 Å². The first-order chi connectivity index (χ1) is 51.0. The quantitative estimate of drug-likeness (QED) is 0.00921. The minimum absolute atomic E-state index is 0. The van der Waals surface area contributed by atoms with Gasteiger partial charge in [0.1, 0.15) is 37.9 Å². The average molecular weight is 1860 g/mol. The molecule has 4 aromatic carbocycles. The molecule has 3 fully saturated rings. The molecule has 36 heteroatoms. The number of cyclic esters (lactones) is 2. The molecule has 111 heavy (non-hydrogen) atoms. The van der Waals surface area contributed by atoms with Gasteiger partial charge in [-0.1, -0.05) is 109 Å². The van der Waals surface area contributed by atoms with Crippen LogP contribution in [0.2, 0.25) is 0 Å². The van der Waals surface area contributed by atoms with Crippen molar-refractivity contribution in [2.45, 2.75) is 159 Å². The van der Waals surface area contributed by atoms with Crippen LogP contribution in [0.25, 0.3) is 11.1 Å². The van der Waals surface area contributed by atoms with Crippen molar-refractivity contribution < 1.29 is 206 Å². The van der Waals surface area contributed by atoms with Crippen LogP contribution in [0.5, 0.6) is 0 Å². The molecule has 3 aliphatic rings. The van der Waals surface area contributed by atoms with Gasteiger partial charge in [-0.05, 0) is 171 Å². The second kappa shape index (κ2) is 47.8. The fourth-order valence-electron chi connectivity index (χ4n) is 11.4. The van der Waals surface area contributed by atoms with E-state index >= 15 is 0 Å². The van der Waals surface area contributed by atoms with Crippen LogP contribution in [-0.4, -0.2) is 154 Å². The van der Waals surface area contributed by atoms with Gasteiger partial charge in [0, 0.05) is 82.7 Å². The molecule has 0 spiro atoms. The van der Waals surface area contributed by atoms with Gasteiger partial charge in [0.2, 0.25) is 5.56 Å². The predicted molar refractivity (Wildman–Crippen MR) is 412 cm³/mol. The molecule has 6 heterocycles. The number of ether oxygens (including phenoxy) is 2. The first-order valence-corrected chi connectivity index (χ1v) is 37.6. The summed E-state index contributed by atoms with van der Waals surface area (Å²) in [6.45, 7) is 15.7. The molecule has 7 aromatic rings. The van der Waals surface area contributed by atoms with Crippen molar-refractivity contribution in [2.75, 3.05) is 53.0 Å². The second-order valence-electron chi connectivity index (χ2n) is 27.1. The molecule has 0 aliphatic carbocycles. The Bertz CT molecular complexity index is 4280. The van der Waals surface area contributed by atoms with Crippen LogP contribution in [-0.2, 0) is 67.1 Å². The van der Waals surface area contributed by atoms with Crippen LogP contribution in [0.1, 0.15) is 131 Å². The third kappa shape index (κ3) is 32.6. The number of hydrogen-bond donors (Lipinski definition) is 4. The normalized spacial score (nSPS) is 17.5. The van der Waals surface area contributed by atoms with Crippen LogP contribution in [0.15, 0.2) is 179 Å². The van der Waals surface area contributed by atoms with Crippen LogP contribution in [0.4, 0.5) is 40.3 Å². The summed E-state index contributed by atoms with van der Waals surface area (Å²) in [5, 5.41) is 37.1. The summed E-state index contributed by atoms with van der Waals surface area (Å²) in [4.78, 5) is 77.4. The number of alkyl halides is 7. The minimum atomic E-state index is -5.60. The third-order valence-electron chi connectivity index (χ3n) is 17.3. The van der Waals surface area contributed by atoms with Crippen LogP contribution in [0, 0.1) is 7.14 Å². The number of amides is 2.